The lowest BCUT2D eigenvalue weighted by Crippen LogP contribution is -2.10. The van der Waals surface area contributed by atoms with Gasteiger partial charge in [-0.3, -0.25) is 35.2 Å². The number of hydrogen-bond donors (Lipinski definition) is 9. The first-order valence-electron chi connectivity index (χ1n) is 20.9. The van der Waals surface area contributed by atoms with Crippen molar-refractivity contribution in [2.75, 3.05) is 0 Å². The molecule has 26 nitrogen and oxygen atoms in total. The largest absolute Gasteiger partial charge is 0.507 e. The van der Waals surface area contributed by atoms with Crippen LogP contribution in [0.25, 0.3) is 78.6 Å². The van der Waals surface area contributed by atoms with Crippen LogP contribution in [0.4, 0.5) is 11.4 Å². The summed E-state index contributed by atoms with van der Waals surface area (Å²) in [6.07, 6.45) is 0. The van der Waals surface area contributed by atoms with Gasteiger partial charge >= 0.3 is 0 Å². The summed E-state index contributed by atoms with van der Waals surface area (Å²) in [5.41, 5.74) is 11.2. The van der Waals surface area contributed by atoms with Gasteiger partial charge in [-0.05, 0) is 117 Å². The zero-order chi connectivity index (χ0) is 52.1. The molecule has 0 atom stereocenters. The summed E-state index contributed by atoms with van der Waals surface area (Å²) in [5, 5.41) is 103. The number of aromatic amines is 4. The number of nitro groups is 2. The SMILES string of the molecule is CC(=O)c1cc(-c2nn[nH]n2)cc(-c2cccc([N+](=O)[O-])c2)c1O.CC(=O)c1cc(-c2nn[nH]n2)cc(Br)c1O.N=C(N)c1ccc2[nH]c(-c3cc(-c4nn[nH]n4)cc(-c4cccc([N+](=O)[O-])c4)c3O)cc2c1. The fourth-order valence-corrected chi connectivity index (χ4v) is 7.77. The molecule has 364 valence electrons. The number of ketones is 2. The number of benzene rings is 6. The molecule has 4 heterocycles. The Balaban J connectivity index is 0.000000156. The van der Waals surface area contributed by atoms with E-state index in [0.717, 1.165) is 10.9 Å². The lowest BCUT2D eigenvalue weighted by molar-refractivity contribution is -0.385. The van der Waals surface area contributed by atoms with Gasteiger partial charge in [-0.2, -0.15) is 15.6 Å². The quantitative estimate of drug-likeness (QED) is 0.0199. The summed E-state index contributed by atoms with van der Waals surface area (Å²) in [5.74, 6) is -0.135. The molecule has 0 bridgehead atoms. The molecule has 0 amide bonds. The first kappa shape index (κ1) is 49.0. The fraction of sp³-hybridized carbons (Fsp3) is 0.0435. The number of aromatic nitrogens is 13. The van der Waals surface area contributed by atoms with Gasteiger partial charge in [-0.1, -0.05) is 24.3 Å². The molecular weight excluding hydrogens is 1010 g/mol. The number of phenolic OH excluding ortho intramolecular Hbond substituents is 3. The third-order valence-corrected chi connectivity index (χ3v) is 11.4. The number of hydrogen-bond acceptors (Lipinski definition) is 19. The number of carbonyl (C=O) groups is 2. The lowest BCUT2D eigenvalue weighted by Gasteiger charge is -2.12. The highest BCUT2D eigenvalue weighted by Crippen LogP contribution is 2.43. The number of carbonyl (C=O) groups excluding carboxylic acids is 2. The molecule has 10 aromatic rings. The molecule has 0 aliphatic rings. The van der Waals surface area contributed by atoms with Crippen LogP contribution < -0.4 is 5.73 Å². The predicted octanol–water partition coefficient (Wildman–Crippen LogP) is 7.47. The third kappa shape index (κ3) is 10.6. The van der Waals surface area contributed by atoms with E-state index in [-0.39, 0.29) is 68.5 Å². The Labute approximate surface area is 416 Å². The maximum absolute atomic E-state index is 11.8. The van der Waals surface area contributed by atoms with Gasteiger partial charge in [0.05, 0.1) is 31.1 Å². The van der Waals surface area contributed by atoms with E-state index in [9.17, 15) is 45.1 Å². The average molecular weight is 1050 g/mol. The highest BCUT2D eigenvalue weighted by atomic mass is 79.9. The van der Waals surface area contributed by atoms with Crippen molar-refractivity contribution in [1.82, 2.24) is 66.9 Å². The number of non-ortho nitro benzene ring substituents is 2. The number of nitrogens with zero attached hydrogens (tertiary/aromatic N) is 11. The minimum Gasteiger partial charge on any atom is -0.507 e. The maximum Gasteiger partial charge on any atom is 0.270 e. The topological polar surface area (TPSA) is 410 Å². The highest BCUT2D eigenvalue weighted by Gasteiger charge is 2.21. The van der Waals surface area contributed by atoms with Crippen molar-refractivity contribution in [3.05, 3.63) is 151 Å². The highest BCUT2D eigenvalue weighted by molar-refractivity contribution is 9.10. The van der Waals surface area contributed by atoms with Crippen molar-refractivity contribution in [3.8, 4) is 84.9 Å². The van der Waals surface area contributed by atoms with Gasteiger partial charge in [0.1, 0.15) is 23.1 Å². The van der Waals surface area contributed by atoms with Gasteiger partial charge in [-0.25, -0.2) is 0 Å². The van der Waals surface area contributed by atoms with E-state index in [4.69, 9.17) is 11.1 Å². The zero-order valence-corrected chi connectivity index (χ0v) is 39.1. The van der Waals surface area contributed by atoms with Crippen LogP contribution in [0.2, 0.25) is 0 Å². The molecule has 6 aromatic carbocycles. The van der Waals surface area contributed by atoms with Crippen molar-refractivity contribution < 1.29 is 34.8 Å². The molecular formula is C46H34BrN17O9. The summed E-state index contributed by atoms with van der Waals surface area (Å²) < 4.78 is 0.417. The number of halogens is 1. The first-order valence-corrected chi connectivity index (χ1v) is 21.7. The van der Waals surface area contributed by atoms with Gasteiger partial charge in [0, 0.05) is 74.1 Å². The molecule has 0 fully saturated rings. The van der Waals surface area contributed by atoms with Crippen LogP contribution in [0.1, 0.15) is 40.1 Å². The number of nitrogens with one attached hydrogen (secondary N) is 5. The number of Topliss-reactive ketones (excluding diaryl/α,β-unsaturated/α-hetero) is 2. The molecule has 0 saturated carbocycles. The lowest BCUT2D eigenvalue weighted by atomic mass is 9.96. The van der Waals surface area contributed by atoms with E-state index < -0.39 is 9.85 Å². The standard InChI is InChI=1S/C22H16N8O3.C15H11N5O4.C9H7BrN4O2/c23-21(24)12-4-5-18-13(6-12)10-19(25-18)17-9-14(22-26-28-29-27-22)8-16(20(17)31)11-2-1-3-15(7-11)30(32)33;1-8(21)12-6-10(15-16-18-19-17-15)7-13(14(12)22)9-3-2-4-11(5-9)20(23)24;1-4(15)6-2-5(3-7(10)8(6)16)9-11-13-14-12-9/h1-10,25,31H,(H3,23,24)(H,26,27,28,29);2-7,22H,1H3,(H,16,17,18,19);2-3,16H,1H3,(H,11,12,13,14). The minimum absolute atomic E-state index is 0.0467. The molecule has 10 rings (SSSR count). The minimum atomic E-state index is -0.532. The van der Waals surface area contributed by atoms with Crippen molar-refractivity contribution >= 4 is 55.6 Å². The van der Waals surface area contributed by atoms with Crippen LogP contribution in [0, 0.1) is 25.6 Å². The monoisotopic (exact) mass is 1050 g/mol. The fourth-order valence-electron chi connectivity index (χ4n) is 7.31. The Bertz CT molecular complexity index is 3750. The molecule has 0 aliphatic heterocycles. The van der Waals surface area contributed by atoms with Crippen LogP contribution in [0.3, 0.4) is 0 Å². The molecule has 0 spiro atoms. The summed E-state index contributed by atoms with van der Waals surface area (Å²) in [4.78, 5) is 47.6. The van der Waals surface area contributed by atoms with Crippen LogP contribution in [0.15, 0.2) is 114 Å². The number of H-pyrrole nitrogens is 4. The molecule has 27 heteroatoms. The second kappa shape index (κ2) is 20.7. The number of nitrogen functional groups attached to an aromatic ring is 1. The molecule has 0 aliphatic carbocycles. The van der Waals surface area contributed by atoms with Crippen LogP contribution >= 0.6 is 15.9 Å². The Kier molecular flexibility index (Phi) is 13.9. The second-order valence-corrected chi connectivity index (χ2v) is 16.4. The number of phenols is 3. The number of fused-ring (bicyclic) bond motifs is 1. The van der Waals surface area contributed by atoms with Crippen molar-refractivity contribution in [1.29, 1.82) is 5.41 Å². The first-order chi connectivity index (χ1) is 35.0. The van der Waals surface area contributed by atoms with Gasteiger partial charge < -0.3 is 26.0 Å². The van der Waals surface area contributed by atoms with Gasteiger partial charge in [0.25, 0.3) is 11.4 Å². The molecule has 10 N–H and O–H groups in total. The Morgan fingerprint density at radius 3 is 1.52 bits per heavy atom. The summed E-state index contributed by atoms with van der Waals surface area (Å²) in [7, 11) is 0. The predicted molar refractivity (Wildman–Crippen MR) is 264 cm³/mol. The molecule has 4 aromatic heterocycles. The molecule has 0 radical (unpaired) electrons. The third-order valence-electron chi connectivity index (χ3n) is 10.8. The van der Waals surface area contributed by atoms with Gasteiger partial charge in [0.15, 0.2) is 11.6 Å². The summed E-state index contributed by atoms with van der Waals surface area (Å²) in [6, 6.07) is 28.4. The maximum atomic E-state index is 11.8. The van der Waals surface area contributed by atoms with E-state index in [1.165, 1.54) is 56.3 Å². The van der Waals surface area contributed by atoms with E-state index >= 15 is 0 Å². The van der Waals surface area contributed by atoms with Crippen molar-refractivity contribution in [3.63, 3.8) is 0 Å². The summed E-state index contributed by atoms with van der Waals surface area (Å²) in [6.45, 7) is 2.69. The van der Waals surface area contributed by atoms with E-state index in [1.54, 1.807) is 60.7 Å². The number of tetrazole rings is 3. The smallest absolute Gasteiger partial charge is 0.270 e. The van der Waals surface area contributed by atoms with Gasteiger partial charge in [-0.15, -0.1) is 30.6 Å². The van der Waals surface area contributed by atoms with Crippen LogP contribution in [-0.4, -0.2) is 109 Å². The number of nitro benzene ring substituents is 2. The Morgan fingerprint density at radius 1 is 0.589 bits per heavy atom. The van der Waals surface area contributed by atoms with Crippen molar-refractivity contribution in [2.24, 2.45) is 5.73 Å². The molecule has 73 heavy (non-hydrogen) atoms. The molecule has 0 unspecified atom stereocenters. The average Bonchev–Trinajstić information content (AvgIpc) is 4.24. The van der Waals surface area contributed by atoms with Gasteiger partial charge in [0.2, 0.25) is 17.5 Å². The second-order valence-electron chi connectivity index (χ2n) is 15.5. The number of aromatic hydroxyl groups is 3. The normalized spacial score (nSPS) is 10.7. The number of rotatable bonds is 11. The zero-order valence-electron chi connectivity index (χ0n) is 37.6. The van der Waals surface area contributed by atoms with Crippen molar-refractivity contribution in [2.45, 2.75) is 13.8 Å². The summed E-state index contributed by atoms with van der Waals surface area (Å²) >= 11 is 3.16. The van der Waals surface area contributed by atoms with E-state index in [1.807, 2.05) is 6.07 Å². The number of amidine groups is 1. The van der Waals surface area contributed by atoms with E-state index in [0.29, 0.717) is 66.3 Å². The number of nitrogens with two attached hydrogens (primary N) is 1. The van der Waals surface area contributed by atoms with Crippen LogP contribution in [0.5, 0.6) is 17.2 Å². The molecule has 0 saturated heterocycles. The van der Waals surface area contributed by atoms with Crippen LogP contribution in [-0.2, 0) is 0 Å². The Hall–Kier alpha value is -10.4. The van der Waals surface area contributed by atoms with E-state index in [2.05, 4.69) is 82.8 Å². The Morgan fingerprint density at radius 2 is 1.05 bits per heavy atom.